The van der Waals surface area contributed by atoms with Crippen molar-refractivity contribution in [2.75, 3.05) is 23.7 Å². The molecule has 0 bridgehead atoms. The van der Waals surface area contributed by atoms with E-state index >= 15 is 0 Å². The van der Waals surface area contributed by atoms with Gasteiger partial charge in [-0.2, -0.15) is 4.98 Å². The SMILES string of the molecule is CCCNc1ncc(Cl)c(NCCn2ccnc2)n1. The van der Waals surface area contributed by atoms with E-state index in [2.05, 4.69) is 32.5 Å². The molecule has 102 valence electrons. The van der Waals surface area contributed by atoms with E-state index in [1.54, 1.807) is 18.7 Å². The van der Waals surface area contributed by atoms with E-state index < -0.39 is 0 Å². The molecular weight excluding hydrogens is 264 g/mol. The van der Waals surface area contributed by atoms with Gasteiger partial charge in [0.1, 0.15) is 5.02 Å². The van der Waals surface area contributed by atoms with Gasteiger partial charge in [-0.1, -0.05) is 18.5 Å². The van der Waals surface area contributed by atoms with E-state index in [9.17, 15) is 0 Å². The van der Waals surface area contributed by atoms with Crippen LogP contribution in [0.2, 0.25) is 5.02 Å². The maximum Gasteiger partial charge on any atom is 0.224 e. The zero-order valence-corrected chi connectivity index (χ0v) is 11.6. The van der Waals surface area contributed by atoms with Crippen LogP contribution in [-0.4, -0.2) is 32.6 Å². The standard InChI is InChI=1S/C12H17ClN6/c1-2-3-16-12-17-8-10(13)11(18-12)15-5-7-19-6-4-14-9-19/h4,6,8-9H,2-3,5,7H2,1H3,(H2,15,16,17,18). The lowest BCUT2D eigenvalue weighted by molar-refractivity contribution is 0.725. The van der Waals surface area contributed by atoms with E-state index in [-0.39, 0.29) is 0 Å². The van der Waals surface area contributed by atoms with Gasteiger partial charge in [0.05, 0.1) is 12.5 Å². The molecule has 0 saturated heterocycles. The molecule has 0 unspecified atom stereocenters. The number of hydrogen-bond acceptors (Lipinski definition) is 5. The number of anilines is 2. The molecule has 0 aliphatic heterocycles. The Kier molecular flexibility index (Phi) is 4.97. The highest BCUT2D eigenvalue weighted by Crippen LogP contribution is 2.19. The smallest absolute Gasteiger partial charge is 0.224 e. The summed E-state index contributed by atoms with van der Waals surface area (Å²) in [4.78, 5) is 12.5. The van der Waals surface area contributed by atoms with Crippen molar-refractivity contribution >= 4 is 23.4 Å². The van der Waals surface area contributed by atoms with Gasteiger partial charge in [0.15, 0.2) is 5.82 Å². The summed E-state index contributed by atoms with van der Waals surface area (Å²) in [5.41, 5.74) is 0. The first-order valence-electron chi connectivity index (χ1n) is 6.25. The quantitative estimate of drug-likeness (QED) is 0.814. The van der Waals surface area contributed by atoms with Gasteiger partial charge in [0.25, 0.3) is 0 Å². The highest BCUT2D eigenvalue weighted by Gasteiger charge is 2.04. The molecule has 0 aliphatic rings. The van der Waals surface area contributed by atoms with Crippen LogP contribution in [0.5, 0.6) is 0 Å². The van der Waals surface area contributed by atoms with E-state index in [1.807, 2.05) is 10.8 Å². The maximum absolute atomic E-state index is 6.06. The summed E-state index contributed by atoms with van der Waals surface area (Å²) in [7, 11) is 0. The summed E-state index contributed by atoms with van der Waals surface area (Å²) in [5.74, 6) is 1.24. The molecule has 0 spiro atoms. The third-order valence-electron chi connectivity index (χ3n) is 2.50. The molecule has 7 heteroatoms. The number of nitrogens with zero attached hydrogens (tertiary/aromatic N) is 4. The molecule has 0 radical (unpaired) electrons. The second kappa shape index (κ2) is 6.94. The van der Waals surface area contributed by atoms with Crippen molar-refractivity contribution in [1.29, 1.82) is 0 Å². The second-order valence-corrected chi connectivity index (χ2v) is 4.45. The van der Waals surface area contributed by atoms with Crippen LogP contribution < -0.4 is 10.6 Å². The van der Waals surface area contributed by atoms with Gasteiger partial charge in [-0.3, -0.25) is 0 Å². The van der Waals surface area contributed by atoms with Gasteiger partial charge in [0.2, 0.25) is 5.95 Å². The molecule has 2 heterocycles. The normalized spacial score (nSPS) is 10.4. The lowest BCUT2D eigenvalue weighted by atomic mass is 10.5. The Hall–Kier alpha value is -1.82. The van der Waals surface area contributed by atoms with Crippen molar-refractivity contribution in [2.24, 2.45) is 0 Å². The first kappa shape index (κ1) is 13.6. The van der Waals surface area contributed by atoms with Crippen LogP contribution in [0.25, 0.3) is 0 Å². The Labute approximate surface area is 117 Å². The van der Waals surface area contributed by atoms with Crippen LogP contribution in [0.1, 0.15) is 13.3 Å². The fourth-order valence-corrected chi connectivity index (χ4v) is 1.69. The minimum absolute atomic E-state index is 0.521. The number of imidazole rings is 1. The summed E-state index contributed by atoms with van der Waals surface area (Å²) < 4.78 is 1.98. The molecule has 0 aliphatic carbocycles. The predicted molar refractivity (Wildman–Crippen MR) is 76.5 cm³/mol. The number of hydrogen-bond donors (Lipinski definition) is 2. The summed E-state index contributed by atoms with van der Waals surface area (Å²) in [6.07, 6.45) is 8.07. The summed E-state index contributed by atoms with van der Waals surface area (Å²) in [5, 5.41) is 6.85. The fraction of sp³-hybridized carbons (Fsp3) is 0.417. The zero-order chi connectivity index (χ0) is 13.5. The van der Waals surface area contributed by atoms with Gasteiger partial charge in [0, 0.05) is 32.0 Å². The van der Waals surface area contributed by atoms with Crippen LogP contribution >= 0.6 is 11.6 Å². The molecule has 0 fully saturated rings. The van der Waals surface area contributed by atoms with Gasteiger partial charge >= 0.3 is 0 Å². The zero-order valence-electron chi connectivity index (χ0n) is 10.8. The number of nitrogens with one attached hydrogen (secondary N) is 2. The number of halogens is 1. The van der Waals surface area contributed by atoms with Crippen molar-refractivity contribution in [3.05, 3.63) is 29.9 Å². The fourth-order valence-electron chi connectivity index (χ4n) is 1.54. The molecule has 0 amide bonds. The van der Waals surface area contributed by atoms with Gasteiger partial charge < -0.3 is 15.2 Å². The molecule has 19 heavy (non-hydrogen) atoms. The van der Waals surface area contributed by atoms with Crippen LogP contribution in [0.4, 0.5) is 11.8 Å². The molecule has 0 aromatic carbocycles. The first-order valence-corrected chi connectivity index (χ1v) is 6.63. The summed E-state index contributed by atoms with van der Waals surface area (Å²) in [6.45, 7) is 4.46. The predicted octanol–water partition coefficient (Wildman–Crippen LogP) is 2.26. The largest absolute Gasteiger partial charge is 0.367 e. The second-order valence-electron chi connectivity index (χ2n) is 4.04. The molecule has 2 N–H and O–H groups in total. The van der Waals surface area contributed by atoms with E-state index in [0.29, 0.717) is 16.8 Å². The van der Waals surface area contributed by atoms with E-state index in [0.717, 1.165) is 26.1 Å². The van der Waals surface area contributed by atoms with Crippen molar-refractivity contribution < 1.29 is 0 Å². The minimum Gasteiger partial charge on any atom is -0.367 e. The third kappa shape index (κ3) is 4.10. The molecule has 0 atom stereocenters. The van der Waals surface area contributed by atoms with Crippen LogP contribution in [0, 0.1) is 0 Å². The Morgan fingerprint density at radius 1 is 1.32 bits per heavy atom. The van der Waals surface area contributed by atoms with Crippen LogP contribution in [-0.2, 0) is 6.54 Å². The molecule has 6 nitrogen and oxygen atoms in total. The Bertz CT molecular complexity index is 499. The molecule has 0 saturated carbocycles. The van der Waals surface area contributed by atoms with Gasteiger partial charge in [-0.05, 0) is 6.42 Å². The number of aromatic nitrogens is 4. The van der Waals surface area contributed by atoms with E-state index in [1.165, 1.54) is 0 Å². The maximum atomic E-state index is 6.06. The molecule has 2 aromatic rings. The number of rotatable bonds is 7. The molecule has 2 aromatic heterocycles. The molecular formula is C12H17ClN6. The average molecular weight is 281 g/mol. The van der Waals surface area contributed by atoms with Gasteiger partial charge in [-0.25, -0.2) is 9.97 Å². The first-order chi connectivity index (χ1) is 9.29. The van der Waals surface area contributed by atoms with Crippen molar-refractivity contribution in [1.82, 2.24) is 19.5 Å². The summed E-state index contributed by atoms with van der Waals surface area (Å²) in [6, 6.07) is 0. The van der Waals surface area contributed by atoms with Crippen molar-refractivity contribution in [2.45, 2.75) is 19.9 Å². The van der Waals surface area contributed by atoms with Crippen LogP contribution in [0.3, 0.4) is 0 Å². The average Bonchev–Trinajstić information content (AvgIpc) is 2.92. The Morgan fingerprint density at radius 3 is 2.95 bits per heavy atom. The van der Waals surface area contributed by atoms with Crippen molar-refractivity contribution in [3.8, 4) is 0 Å². The third-order valence-corrected chi connectivity index (χ3v) is 2.78. The van der Waals surface area contributed by atoms with E-state index in [4.69, 9.17) is 11.6 Å². The Morgan fingerprint density at radius 2 is 2.21 bits per heavy atom. The Balaban J connectivity index is 1.90. The summed E-state index contributed by atoms with van der Waals surface area (Å²) >= 11 is 6.06. The van der Waals surface area contributed by atoms with Gasteiger partial charge in [-0.15, -0.1) is 0 Å². The van der Waals surface area contributed by atoms with Crippen LogP contribution in [0.15, 0.2) is 24.9 Å². The lowest BCUT2D eigenvalue weighted by Crippen LogP contribution is -2.12. The topological polar surface area (TPSA) is 67.7 Å². The highest BCUT2D eigenvalue weighted by molar-refractivity contribution is 6.32. The highest BCUT2D eigenvalue weighted by atomic mass is 35.5. The molecule has 2 rings (SSSR count). The monoisotopic (exact) mass is 280 g/mol. The minimum atomic E-state index is 0.521. The van der Waals surface area contributed by atoms with Crippen molar-refractivity contribution in [3.63, 3.8) is 0 Å². The lowest BCUT2D eigenvalue weighted by Gasteiger charge is -2.09.